The van der Waals surface area contributed by atoms with E-state index in [0.29, 0.717) is 17.4 Å². The number of quaternary nitrogens is 1. The molecule has 0 aliphatic heterocycles. The van der Waals surface area contributed by atoms with Gasteiger partial charge in [0.05, 0.1) is 40.3 Å². The van der Waals surface area contributed by atoms with Crippen LogP contribution in [0.25, 0.3) is 0 Å². The van der Waals surface area contributed by atoms with Crippen molar-refractivity contribution in [2.24, 2.45) is 0 Å². The summed E-state index contributed by atoms with van der Waals surface area (Å²) in [5, 5.41) is 11.7. The first-order chi connectivity index (χ1) is 32.6. The average molecular weight is 944 g/mol. The molecule has 0 fully saturated rings. The van der Waals surface area contributed by atoms with Crippen LogP contribution in [0.3, 0.4) is 0 Å². The van der Waals surface area contributed by atoms with Crippen LogP contribution in [0.5, 0.6) is 0 Å². The van der Waals surface area contributed by atoms with Gasteiger partial charge in [0.25, 0.3) is 0 Å². The summed E-state index contributed by atoms with van der Waals surface area (Å²) in [7, 11) is 5.90. The highest BCUT2D eigenvalue weighted by molar-refractivity contribution is 5.70. The Morgan fingerprint density at radius 2 is 0.851 bits per heavy atom. The maximum Gasteiger partial charge on any atom is 0.306 e. The number of carboxylic acids is 1. The van der Waals surface area contributed by atoms with Gasteiger partial charge >= 0.3 is 11.9 Å². The number of nitrogens with zero attached hydrogens (tertiary/aromatic N) is 1. The Morgan fingerprint density at radius 3 is 1.30 bits per heavy atom. The molecule has 67 heavy (non-hydrogen) atoms. The largest absolute Gasteiger partial charge is 0.545 e. The summed E-state index contributed by atoms with van der Waals surface area (Å²) >= 11 is 0. The predicted molar refractivity (Wildman–Crippen MR) is 279 cm³/mol. The molecule has 0 aromatic carbocycles. The Labute approximate surface area is 412 Å². The van der Waals surface area contributed by atoms with Gasteiger partial charge in [-0.3, -0.25) is 9.59 Å². The van der Waals surface area contributed by atoms with E-state index < -0.39 is 24.3 Å². The van der Waals surface area contributed by atoms with Crippen LogP contribution < -0.4 is 5.11 Å². The summed E-state index contributed by atoms with van der Waals surface area (Å²) in [5.74, 6) is -2.32. The Bertz CT molecular complexity index is 1240. The molecule has 0 rings (SSSR count). The normalized spacial score (nSPS) is 13.1. The number of hydrogen-bond acceptors (Lipinski definition) is 8. The fourth-order valence-corrected chi connectivity index (χ4v) is 7.78. The minimum atomic E-state index is -1.63. The number of rotatable bonds is 51. The molecule has 0 bridgehead atoms. The number of unbranched alkanes of at least 4 members (excludes halogenated alkanes) is 28. The molecule has 2 unspecified atom stereocenters. The van der Waals surface area contributed by atoms with Gasteiger partial charge in [-0.05, 0) is 70.6 Å². The number of aliphatic carboxylic acids is 1. The molecule has 0 saturated heterocycles. The third kappa shape index (κ3) is 50.9. The van der Waals surface area contributed by atoms with Crippen molar-refractivity contribution in [2.75, 3.05) is 47.5 Å². The van der Waals surface area contributed by atoms with E-state index in [1.54, 1.807) is 0 Å². The predicted octanol–water partition coefficient (Wildman–Crippen LogP) is 14.6. The molecule has 0 N–H and O–H groups in total. The van der Waals surface area contributed by atoms with E-state index in [1.165, 1.54) is 154 Å². The molecular formula is C58H105NO8. The van der Waals surface area contributed by atoms with Crippen molar-refractivity contribution in [2.45, 2.75) is 257 Å². The zero-order chi connectivity index (χ0) is 49.2. The lowest BCUT2D eigenvalue weighted by Crippen LogP contribution is -2.44. The number of carbonyl (C=O) groups is 3. The Morgan fingerprint density at radius 1 is 0.463 bits per heavy atom. The molecule has 0 aromatic rings. The highest BCUT2D eigenvalue weighted by Gasteiger charge is 2.22. The highest BCUT2D eigenvalue weighted by atomic mass is 16.7. The monoisotopic (exact) mass is 944 g/mol. The fraction of sp³-hybridized carbons (Fsp3) is 0.810. The van der Waals surface area contributed by atoms with Gasteiger partial charge in [-0.1, -0.05) is 210 Å². The van der Waals surface area contributed by atoms with Gasteiger partial charge in [0.15, 0.2) is 12.4 Å². The molecule has 2 atom stereocenters. The molecule has 390 valence electrons. The van der Waals surface area contributed by atoms with Crippen LogP contribution in [-0.4, -0.2) is 82.3 Å². The third-order valence-electron chi connectivity index (χ3n) is 12.1. The van der Waals surface area contributed by atoms with Gasteiger partial charge < -0.3 is 33.3 Å². The standard InChI is InChI=1S/C58H105NO8/c1-6-8-10-12-14-16-18-20-21-22-23-24-25-26-27-28-29-30-31-32-33-34-35-37-38-40-42-44-46-48-55(60)65-52-54(53-66-58(57(62)63)64-51-50-59(3,4)5)67-56(61)49-47-45-43-41-39-36-19-17-15-13-11-9-7-2/h9,11,15,17,22-23,36,39,54,58H,6-8,10,12-14,16,18-21,24-35,37-38,40-53H2,1-5H3/b11-9-,17-15-,23-22-,39-36-. The number of carbonyl (C=O) groups excluding carboxylic acids is 3. The van der Waals surface area contributed by atoms with Crippen LogP contribution in [0.4, 0.5) is 0 Å². The molecule has 0 radical (unpaired) electrons. The summed E-state index contributed by atoms with van der Waals surface area (Å²) in [6, 6.07) is 0. The maximum atomic E-state index is 12.8. The second-order valence-electron chi connectivity index (χ2n) is 19.8. The van der Waals surface area contributed by atoms with Gasteiger partial charge in [0, 0.05) is 12.8 Å². The maximum absolute atomic E-state index is 12.8. The van der Waals surface area contributed by atoms with Gasteiger partial charge in [0.1, 0.15) is 13.2 Å². The number of carboxylic acid groups (broad SMARTS) is 1. The molecule has 0 heterocycles. The first kappa shape index (κ1) is 64.2. The van der Waals surface area contributed by atoms with Crippen LogP contribution in [0.1, 0.15) is 245 Å². The molecule has 9 heteroatoms. The van der Waals surface area contributed by atoms with E-state index in [0.717, 1.165) is 57.8 Å². The molecular weight excluding hydrogens is 839 g/mol. The first-order valence-corrected chi connectivity index (χ1v) is 27.8. The number of esters is 2. The smallest absolute Gasteiger partial charge is 0.306 e. The molecule has 9 nitrogen and oxygen atoms in total. The van der Waals surface area contributed by atoms with E-state index in [4.69, 9.17) is 18.9 Å². The number of ether oxygens (including phenoxy) is 4. The van der Waals surface area contributed by atoms with Crippen LogP contribution in [0, 0.1) is 0 Å². The lowest BCUT2D eigenvalue weighted by Gasteiger charge is -2.26. The van der Waals surface area contributed by atoms with E-state index >= 15 is 0 Å². The van der Waals surface area contributed by atoms with Crippen LogP contribution in [0.15, 0.2) is 48.6 Å². The lowest BCUT2D eigenvalue weighted by molar-refractivity contribution is -0.870. The van der Waals surface area contributed by atoms with E-state index in [2.05, 4.69) is 62.5 Å². The van der Waals surface area contributed by atoms with Gasteiger partial charge in [-0.2, -0.15) is 0 Å². The molecule has 0 aliphatic rings. The van der Waals surface area contributed by atoms with Crippen molar-refractivity contribution < 1.29 is 42.9 Å². The second-order valence-corrected chi connectivity index (χ2v) is 19.8. The fourth-order valence-electron chi connectivity index (χ4n) is 7.78. The summed E-state index contributed by atoms with van der Waals surface area (Å²) in [6.45, 7) is 4.61. The quantitative estimate of drug-likeness (QED) is 0.0195. The number of hydrogen-bond donors (Lipinski definition) is 0. The minimum absolute atomic E-state index is 0.142. The van der Waals surface area contributed by atoms with E-state index in [-0.39, 0.29) is 38.6 Å². The lowest BCUT2D eigenvalue weighted by atomic mass is 10.0. The Balaban J connectivity index is 4.12. The number of allylic oxidation sites excluding steroid dienone is 8. The molecule has 0 aromatic heterocycles. The Hall–Kier alpha value is -2.75. The Kier molecular flexibility index (Phi) is 47.6. The number of likely N-dealkylation sites (N-methyl/N-ethyl adjacent to an activating group) is 1. The third-order valence-corrected chi connectivity index (χ3v) is 12.1. The van der Waals surface area contributed by atoms with Gasteiger partial charge in [-0.25, -0.2) is 0 Å². The van der Waals surface area contributed by atoms with Crippen molar-refractivity contribution in [3.8, 4) is 0 Å². The average Bonchev–Trinajstić information content (AvgIpc) is 3.29. The van der Waals surface area contributed by atoms with Gasteiger partial charge in [0.2, 0.25) is 0 Å². The van der Waals surface area contributed by atoms with E-state index in [1.807, 2.05) is 21.1 Å². The second kappa shape index (κ2) is 49.7. The van der Waals surface area contributed by atoms with Crippen LogP contribution in [0.2, 0.25) is 0 Å². The molecule has 0 aliphatic carbocycles. The van der Waals surface area contributed by atoms with Crippen molar-refractivity contribution in [3.05, 3.63) is 48.6 Å². The van der Waals surface area contributed by atoms with E-state index in [9.17, 15) is 19.5 Å². The molecule has 0 saturated carbocycles. The summed E-state index contributed by atoms with van der Waals surface area (Å²) < 4.78 is 22.6. The summed E-state index contributed by atoms with van der Waals surface area (Å²) in [6.07, 6.45) is 57.5. The zero-order valence-corrected chi connectivity index (χ0v) is 44.3. The first-order valence-electron chi connectivity index (χ1n) is 27.8. The van der Waals surface area contributed by atoms with Crippen molar-refractivity contribution >= 4 is 17.9 Å². The van der Waals surface area contributed by atoms with Crippen LogP contribution >= 0.6 is 0 Å². The molecule has 0 spiro atoms. The highest BCUT2D eigenvalue weighted by Crippen LogP contribution is 2.16. The van der Waals surface area contributed by atoms with Gasteiger partial charge in [-0.15, -0.1) is 0 Å². The molecule has 0 amide bonds. The van der Waals surface area contributed by atoms with Crippen molar-refractivity contribution in [1.29, 1.82) is 0 Å². The SMILES string of the molecule is CC/C=C\C/C=C\C/C=C\CCCCCC(=O)OC(COC(=O)CCCCCCCCCCCCCCCCCCC/C=C\CCCCCCCCCC)COC(OCC[N+](C)(C)C)C(=O)[O-]. The van der Waals surface area contributed by atoms with Crippen molar-refractivity contribution in [1.82, 2.24) is 0 Å². The minimum Gasteiger partial charge on any atom is -0.545 e. The topological polar surface area (TPSA) is 111 Å². The van der Waals surface area contributed by atoms with Crippen LogP contribution in [-0.2, 0) is 33.3 Å². The summed E-state index contributed by atoms with van der Waals surface area (Å²) in [5.41, 5.74) is 0. The zero-order valence-electron chi connectivity index (χ0n) is 44.3. The van der Waals surface area contributed by atoms with Crippen molar-refractivity contribution in [3.63, 3.8) is 0 Å². The summed E-state index contributed by atoms with van der Waals surface area (Å²) in [4.78, 5) is 37.1.